The summed E-state index contributed by atoms with van der Waals surface area (Å²) in [7, 11) is 0. The van der Waals surface area contributed by atoms with E-state index in [1.165, 1.54) is 0 Å². The molecule has 0 fully saturated rings. The summed E-state index contributed by atoms with van der Waals surface area (Å²) in [5.41, 5.74) is 1.90. The van der Waals surface area contributed by atoms with Crippen molar-refractivity contribution in [3.63, 3.8) is 0 Å². The minimum absolute atomic E-state index is 0. The number of rotatable bonds is 5. The molecule has 190 valence electrons. The van der Waals surface area contributed by atoms with Crippen molar-refractivity contribution < 1.29 is 39.2 Å². The van der Waals surface area contributed by atoms with Crippen molar-refractivity contribution in [2.75, 3.05) is 0 Å². The number of benzene rings is 1. The van der Waals surface area contributed by atoms with Gasteiger partial charge in [-0.15, -0.1) is 16.2 Å². The number of halogens is 1. The first-order chi connectivity index (χ1) is 17.2. The van der Waals surface area contributed by atoms with Crippen molar-refractivity contribution in [1.82, 2.24) is 15.0 Å². The molecule has 0 saturated carbocycles. The molecule has 5 aromatic carbocycles. The van der Waals surface area contributed by atoms with Crippen LogP contribution < -0.4 is 0 Å². The monoisotopic (exact) mass is 635 g/mol. The Hall–Kier alpha value is -2.76. The van der Waals surface area contributed by atoms with Crippen LogP contribution in [-0.2, 0) is 46.3 Å². The number of nitrogens with zero attached hydrogens (tertiary/aromatic N) is 3. The summed E-state index contributed by atoms with van der Waals surface area (Å²) in [5, 5.41) is 20.0. The van der Waals surface area contributed by atoms with Crippen molar-refractivity contribution in [3.8, 4) is 0 Å². The van der Waals surface area contributed by atoms with E-state index >= 15 is 0 Å². The molecule has 0 aliphatic carbocycles. The van der Waals surface area contributed by atoms with Crippen molar-refractivity contribution >= 4 is 15.9 Å². The molecule has 0 bridgehead atoms. The summed E-state index contributed by atoms with van der Waals surface area (Å²) in [6.07, 6.45) is 1.81. The van der Waals surface area contributed by atoms with Crippen LogP contribution in [-0.4, -0.2) is 20.1 Å². The fraction of sp³-hybridized carbons (Fsp3) is 0.0667. The molecule has 0 spiro atoms. The van der Waals surface area contributed by atoms with Crippen LogP contribution in [0, 0.1) is 0 Å². The molecule has 0 atom stereocenters. The van der Waals surface area contributed by atoms with Gasteiger partial charge in [-0.2, -0.15) is 60.7 Å². The van der Waals surface area contributed by atoms with Gasteiger partial charge in [0.2, 0.25) is 0 Å². The molecule has 6 aromatic rings. The van der Waals surface area contributed by atoms with Gasteiger partial charge in [-0.05, 0) is 17.7 Å². The predicted octanol–water partition coefficient (Wildman–Crippen LogP) is 6.62. The van der Waals surface area contributed by atoms with Crippen LogP contribution in [0.25, 0.3) is 0 Å². The zero-order valence-electron chi connectivity index (χ0n) is 19.9. The second-order valence-corrected chi connectivity index (χ2v) is 8.83. The maximum Gasteiger partial charge on any atom is 2.00 e. The fourth-order valence-corrected chi connectivity index (χ4v) is 3.92. The number of aliphatic hydroxyl groups is 1. The summed E-state index contributed by atoms with van der Waals surface area (Å²) in [4.78, 5) is 0. The van der Waals surface area contributed by atoms with E-state index in [2.05, 4.69) is 26.2 Å². The maximum absolute atomic E-state index is 11.5. The molecule has 0 aliphatic rings. The van der Waals surface area contributed by atoms with Gasteiger partial charge in [0.1, 0.15) is 11.3 Å². The van der Waals surface area contributed by atoms with Gasteiger partial charge in [-0.1, -0.05) is 33.3 Å². The molecular weight excluding hydrogens is 610 g/mol. The van der Waals surface area contributed by atoms with Gasteiger partial charge in [-0.3, -0.25) is 0 Å². The van der Waals surface area contributed by atoms with Gasteiger partial charge in [-0.25, -0.2) is 53.2 Å². The van der Waals surface area contributed by atoms with Crippen LogP contribution in [0.1, 0.15) is 22.4 Å². The molecule has 0 amide bonds. The van der Waals surface area contributed by atoms with Crippen molar-refractivity contribution in [2.24, 2.45) is 0 Å². The van der Waals surface area contributed by atoms with E-state index in [4.69, 9.17) is 0 Å². The molecule has 7 heteroatoms. The zero-order valence-corrected chi connectivity index (χ0v) is 23.7. The summed E-state index contributed by atoms with van der Waals surface area (Å²) in [6.45, 7) is 0.596. The molecule has 1 aromatic heterocycles. The Bertz CT molecular complexity index is 1230. The van der Waals surface area contributed by atoms with Crippen LogP contribution in [0.3, 0.4) is 0 Å². The molecule has 4 nitrogen and oxygen atoms in total. The molecule has 6 rings (SSSR count). The van der Waals surface area contributed by atoms with Crippen molar-refractivity contribution in [3.05, 3.63) is 167 Å². The van der Waals surface area contributed by atoms with Crippen LogP contribution in [0.4, 0.5) is 0 Å². The third-order valence-corrected chi connectivity index (χ3v) is 5.97. The van der Waals surface area contributed by atoms with Crippen LogP contribution in [0.5, 0.6) is 0 Å². The maximum atomic E-state index is 11.5. The van der Waals surface area contributed by atoms with E-state index in [0.29, 0.717) is 12.2 Å². The number of hydrogen-bond acceptors (Lipinski definition) is 3. The molecule has 0 saturated heterocycles. The van der Waals surface area contributed by atoms with Gasteiger partial charge in [0.15, 0.2) is 0 Å². The quantitative estimate of drug-likeness (QED) is 0.171. The Labute approximate surface area is 247 Å². The van der Waals surface area contributed by atoms with Gasteiger partial charge < -0.3 is 5.11 Å². The molecule has 0 aliphatic heterocycles. The summed E-state index contributed by atoms with van der Waals surface area (Å²) in [5.74, 6) is 0. The Balaban J connectivity index is 0.000000335. The Kier molecular flexibility index (Phi) is 12.7. The molecule has 1 heterocycles. The Morgan fingerprint density at radius 2 is 1.24 bits per heavy atom. The van der Waals surface area contributed by atoms with Gasteiger partial charge >= 0.3 is 34.1 Å². The van der Waals surface area contributed by atoms with Gasteiger partial charge in [0.25, 0.3) is 0 Å². The number of aromatic nitrogens is 3. The molecule has 0 unspecified atom stereocenters. The first kappa shape index (κ1) is 30.5. The van der Waals surface area contributed by atoms with Crippen molar-refractivity contribution in [1.29, 1.82) is 0 Å². The predicted molar refractivity (Wildman–Crippen MR) is 144 cm³/mol. The van der Waals surface area contributed by atoms with E-state index < -0.39 is 5.60 Å². The van der Waals surface area contributed by atoms with E-state index in [-0.39, 0.29) is 34.1 Å². The normalized spacial score (nSPS) is 10.1. The van der Waals surface area contributed by atoms with E-state index in [0.717, 1.165) is 21.2 Å². The average Bonchev–Trinajstić information content (AvgIpc) is 3.74. The van der Waals surface area contributed by atoms with E-state index in [1.807, 2.05) is 140 Å². The molecule has 0 radical (unpaired) electrons. The second-order valence-electron chi connectivity index (χ2n) is 7.91. The summed E-state index contributed by atoms with van der Waals surface area (Å²) < 4.78 is 2.78. The first-order valence-corrected chi connectivity index (χ1v) is 12.1. The Morgan fingerprint density at radius 3 is 1.65 bits per heavy atom. The topological polar surface area (TPSA) is 50.9 Å². The van der Waals surface area contributed by atoms with Gasteiger partial charge in [0, 0.05) is 4.47 Å². The van der Waals surface area contributed by atoms with Crippen LogP contribution >= 0.6 is 15.9 Å². The number of hydrogen-bond donors (Lipinski definition) is 1. The van der Waals surface area contributed by atoms with Crippen molar-refractivity contribution in [2.45, 2.75) is 12.1 Å². The van der Waals surface area contributed by atoms with Crippen LogP contribution in [0.2, 0.25) is 0 Å². The average molecular weight is 636 g/mol. The third-order valence-electron chi connectivity index (χ3n) is 5.44. The zero-order chi connectivity index (χ0) is 24.3. The Morgan fingerprint density at radius 1 is 0.730 bits per heavy atom. The second kappa shape index (κ2) is 15.5. The fourth-order valence-electron chi connectivity index (χ4n) is 3.65. The minimum Gasteiger partial charge on any atom is -0.379 e. The van der Waals surface area contributed by atoms with E-state index in [1.54, 1.807) is 4.68 Å². The largest absolute Gasteiger partial charge is 2.00 e. The van der Waals surface area contributed by atoms with Gasteiger partial charge in [0.05, 0.1) is 12.7 Å². The van der Waals surface area contributed by atoms with E-state index in [9.17, 15) is 5.11 Å². The smallest absolute Gasteiger partial charge is 0.379 e. The first-order valence-electron chi connectivity index (χ1n) is 11.3. The van der Waals surface area contributed by atoms with Crippen LogP contribution in [0.15, 0.2) is 144 Å². The summed E-state index contributed by atoms with van der Waals surface area (Å²) >= 11 is 3.44. The SMILES string of the molecule is OC(c1ccc[cH-]1)(c1ccc[cH-]1)c1cn(Cc2ccc(Br)cc2)nn1.[Fe+2].[Fe+2].c1cc[cH-]c1.c1cc[cH-]c1. The standard InChI is InChI=1S/C20H16BrN3O.2C5H5.2Fe/c21-18-11-9-15(10-12-18)13-24-14-19(22-23-24)20(25,16-5-1-2-6-16)17-7-3-4-8-17;2*1-2-4-5-3-1;;/h1-12,14,25H,13H2;2*1-5H;;/q-2;2*-1;2*+2. The summed E-state index contributed by atoms with van der Waals surface area (Å²) in [6, 6.07) is 43.3. The molecular formula is C30H26BrFe2N3O. The molecule has 37 heavy (non-hydrogen) atoms. The minimum atomic E-state index is -1.30. The third kappa shape index (κ3) is 8.37. The molecule has 1 N–H and O–H groups in total.